The summed E-state index contributed by atoms with van der Waals surface area (Å²) in [6, 6.07) is 4.08. The van der Waals surface area contributed by atoms with E-state index in [0.29, 0.717) is 17.5 Å². The van der Waals surface area contributed by atoms with Gasteiger partial charge in [-0.2, -0.15) is 0 Å². The average molecular weight is 362 g/mol. The number of hydrogen-bond donors (Lipinski definition) is 0. The van der Waals surface area contributed by atoms with Gasteiger partial charge in [0.15, 0.2) is 4.96 Å². The Morgan fingerprint density at radius 1 is 1.21 bits per heavy atom. The molecule has 0 saturated carbocycles. The van der Waals surface area contributed by atoms with Gasteiger partial charge in [0.2, 0.25) is 0 Å². The van der Waals surface area contributed by atoms with Crippen LogP contribution in [0.5, 0.6) is 0 Å². The number of carbonyl (C=O) groups excluding carboxylic acids is 1. The molecule has 0 radical (unpaired) electrons. The van der Waals surface area contributed by atoms with Crippen LogP contribution in [0.2, 0.25) is 0 Å². The molecule has 4 nitrogen and oxygen atoms in total. The van der Waals surface area contributed by atoms with E-state index < -0.39 is 0 Å². The topological polar surface area (TPSA) is 37.6 Å². The molecule has 6 heteroatoms. The van der Waals surface area contributed by atoms with Crippen LogP contribution in [0.4, 0.5) is 0 Å². The second-order valence-corrected chi connectivity index (χ2v) is 8.66. The van der Waals surface area contributed by atoms with Crippen molar-refractivity contribution >= 4 is 33.5 Å². The molecule has 0 bridgehead atoms. The number of thiophene rings is 1. The molecule has 3 heterocycles. The Morgan fingerprint density at radius 2 is 1.92 bits per heavy atom. The maximum atomic E-state index is 13.1. The highest BCUT2D eigenvalue weighted by Crippen LogP contribution is 2.27. The molecule has 0 aliphatic rings. The Bertz CT molecular complexity index is 805. The molecular weight excluding hydrogens is 338 g/mol. The first-order valence-electron chi connectivity index (χ1n) is 8.25. The van der Waals surface area contributed by atoms with Gasteiger partial charge in [-0.3, -0.25) is 9.20 Å². The van der Waals surface area contributed by atoms with E-state index in [1.807, 2.05) is 32.3 Å². The second-order valence-electron chi connectivity index (χ2n) is 6.87. The van der Waals surface area contributed by atoms with Crippen LogP contribution in [0.15, 0.2) is 29.1 Å². The third kappa shape index (κ3) is 3.54. The van der Waals surface area contributed by atoms with Gasteiger partial charge in [-0.15, -0.1) is 22.7 Å². The molecule has 128 valence electrons. The van der Waals surface area contributed by atoms with Gasteiger partial charge in [0.25, 0.3) is 5.91 Å². The standard InChI is InChI=1S/C18H23N3OS2/c1-12(2)8-20(9-13(3)4)17(22)15-11-24-18-19-14(10-21(15)18)16-6-5-7-23-16/h5-7,10-13H,8-9H2,1-4H3. The predicted molar refractivity (Wildman–Crippen MR) is 102 cm³/mol. The maximum Gasteiger partial charge on any atom is 0.271 e. The van der Waals surface area contributed by atoms with Crippen molar-refractivity contribution in [1.29, 1.82) is 0 Å². The summed E-state index contributed by atoms with van der Waals surface area (Å²) in [5.74, 6) is 0.997. The number of aromatic nitrogens is 2. The van der Waals surface area contributed by atoms with E-state index in [9.17, 15) is 4.79 Å². The van der Waals surface area contributed by atoms with Gasteiger partial charge in [-0.05, 0) is 23.3 Å². The van der Waals surface area contributed by atoms with Gasteiger partial charge >= 0.3 is 0 Å². The smallest absolute Gasteiger partial charge is 0.271 e. The van der Waals surface area contributed by atoms with Crippen molar-refractivity contribution in [2.75, 3.05) is 13.1 Å². The highest BCUT2D eigenvalue weighted by atomic mass is 32.1. The molecule has 0 aliphatic heterocycles. The summed E-state index contributed by atoms with van der Waals surface area (Å²) in [6.45, 7) is 10.2. The number of fused-ring (bicyclic) bond motifs is 1. The van der Waals surface area contributed by atoms with Crippen LogP contribution in [0.1, 0.15) is 38.2 Å². The summed E-state index contributed by atoms with van der Waals surface area (Å²) >= 11 is 3.19. The molecule has 3 aromatic heterocycles. The van der Waals surface area contributed by atoms with Crippen LogP contribution in [-0.4, -0.2) is 33.3 Å². The Morgan fingerprint density at radius 3 is 2.50 bits per heavy atom. The summed E-state index contributed by atoms with van der Waals surface area (Å²) in [4.78, 5) is 21.7. The van der Waals surface area contributed by atoms with E-state index in [2.05, 4.69) is 38.7 Å². The molecule has 0 aromatic carbocycles. The first-order valence-corrected chi connectivity index (χ1v) is 10.0. The lowest BCUT2D eigenvalue weighted by atomic mass is 10.1. The summed E-state index contributed by atoms with van der Waals surface area (Å²) in [5.41, 5.74) is 1.65. The van der Waals surface area contributed by atoms with E-state index in [1.54, 1.807) is 11.3 Å². The highest BCUT2D eigenvalue weighted by molar-refractivity contribution is 7.15. The Balaban J connectivity index is 1.93. The Hall–Kier alpha value is -1.66. The van der Waals surface area contributed by atoms with Gasteiger partial charge in [-0.25, -0.2) is 4.98 Å². The second kappa shape index (κ2) is 7.07. The lowest BCUT2D eigenvalue weighted by Gasteiger charge is -2.26. The monoisotopic (exact) mass is 361 g/mol. The number of imidazole rings is 1. The zero-order valence-corrected chi connectivity index (χ0v) is 16.2. The van der Waals surface area contributed by atoms with Crippen molar-refractivity contribution in [3.63, 3.8) is 0 Å². The van der Waals surface area contributed by atoms with E-state index in [4.69, 9.17) is 0 Å². The quantitative estimate of drug-likeness (QED) is 0.627. The van der Waals surface area contributed by atoms with Gasteiger partial charge in [0, 0.05) is 24.7 Å². The molecular formula is C18H23N3OS2. The molecule has 0 saturated heterocycles. The number of thiazole rings is 1. The van der Waals surface area contributed by atoms with Crippen LogP contribution in [0.25, 0.3) is 15.5 Å². The minimum absolute atomic E-state index is 0.0961. The fourth-order valence-corrected chi connectivity index (χ4v) is 4.29. The molecule has 0 atom stereocenters. The van der Waals surface area contributed by atoms with E-state index in [-0.39, 0.29) is 5.91 Å². The lowest BCUT2D eigenvalue weighted by Crippen LogP contribution is -2.37. The zero-order chi connectivity index (χ0) is 17.3. The molecule has 0 unspecified atom stereocenters. The predicted octanol–water partition coefficient (Wildman–Crippen LogP) is 4.88. The van der Waals surface area contributed by atoms with Crippen molar-refractivity contribution in [2.24, 2.45) is 11.8 Å². The molecule has 0 aliphatic carbocycles. The molecule has 1 amide bonds. The number of hydrogen-bond acceptors (Lipinski definition) is 4. The van der Waals surface area contributed by atoms with E-state index in [1.165, 1.54) is 11.3 Å². The first-order chi connectivity index (χ1) is 11.5. The Kier molecular flexibility index (Phi) is 5.06. The van der Waals surface area contributed by atoms with Crippen molar-refractivity contribution in [2.45, 2.75) is 27.7 Å². The van der Waals surface area contributed by atoms with Gasteiger partial charge in [0.05, 0.1) is 4.88 Å². The largest absolute Gasteiger partial charge is 0.337 e. The molecule has 0 spiro atoms. The van der Waals surface area contributed by atoms with Crippen molar-refractivity contribution in [1.82, 2.24) is 14.3 Å². The van der Waals surface area contributed by atoms with Gasteiger partial charge in [-0.1, -0.05) is 33.8 Å². The lowest BCUT2D eigenvalue weighted by molar-refractivity contribution is 0.0708. The zero-order valence-electron chi connectivity index (χ0n) is 14.5. The Labute approximate surface area is 150 Å². The van der Waals surface area contributed by atoms with Gasteiger partial charge < -0.3 is 4.90 Å². The van der Waals surface area contributed by atoms with Crippen molar-refractivity contribution < 1.29 is 4.79 Å². The van der Waals surface area contributed by atoms with E-state index >= 15 is 0 Å². The van der Waals surface area contributed by atoms with Crippen molar-refractivity contribution in [3.05, 3.63) is 34.8 Å². The average Bonchev–Trinajstić information content (AvgIpc) is 3.20. The summed E-state index contributed by atoms with van der Waals surface area (Å²) in [6.07, 6.45) is 1.98. The number of carbonyl (C=O) groups is 1. The van der Waals surface area contributed by atoms with Crippen LogP contribution in [-0.2, 0) is 0 Å². The van der Waals surface area contributed by atoms with Crippen LogP contribution in [0.3, 0.4) is 0 Å². The molecule has 3 rings (SSSR count). The first kappa shape index (κ1) is 17.2. The maximum absolute atomic E-state index is 13.1. The van der Waals surface area contributed by atoms with Crippen LogP contribution < -0.4 is 0 Å². The summed E-state index contributed by atoms with van der Waals surface area (Å²) < 4.78 is 1.94. The third-order valence-electron chi connectivity index (χ3n) is 3.66. The number of rotatable bonds is 6. The molecule has 0 N–H and O–H groups in total. The fourth-order valence-electron chi connectivity index (χ4n) is 2.76. The third-order valence-corrected chi connectivity index (χ3v) is 5.39. The fraction of sp³-hybridized carbons (Fsp3) is 0.444. The van der Waals surface area contributed by atoms with Gasteiger partial charge in [0.1, 0.15) is 11.4 Å². The SMILES string of the molecule is CC(C)CN(CC(C)C)C(=O)c1csc2nc(-c3cccs3)cn12. The normalized spacial score (nSPS) is 11.8. The summed E-state index contributed by atoms with van der Waals surface area (Å²) in [5, 5.41) is 3.97. The molecule has 24 heavy (non-hydrogen) atoms. The summed E-state index contributed by atoms with van der Waals surface area (Å²) in [7, 11) is 0. The molecule has 3 aromatic rings. The van der Waals surface area contributed by atoms with Crippen molar-refractivity contribution in [3.8, 4) is 10.6 Å². The number of amides is 1. The van der Waals surface area contributed by atoms with Crippen LogP contribution >= 0.6 is 22.7 Å². The van der Waals surface area contributed by atoms with Crippen LogP contribution in [0, 0.1) is 11.8 Å². The molecule has 0 fully saturated rings. The highest BCUT2D eigenvalue weighted by Gasteiger charge is 2.22. The minimum Gasteiger partial charge on any atom is -0.337 e. The number of nitrogens with zero attached hydrogens (tertiary/aromatic N) is 3. The minimum atomic E-state index is 0.0961. The van der Waals surface area contributed by atoms with E-state index in [0.717, 1.165) is 28.6 Å².